The molecule has 1 saturated heterocycles. The molecule has 0 spiro atoms. The fourth-order valence-corrected chi connectivity index (χ4v) is 5.24. The smallest absolute Gasteiger partial charge is 0.177 e. The highest BCUT2D eigenvalue weighted by molar-refractivity contribution is 5.58. The van der Waals surface area contributed by atoms with E-state index in [0.29, 0.717) is 11.8 Å². The summed E-state index contributed by atoms with van der Waals surface area (Å²) in [6, 6.07) is 0.190. The molecule has 3 unspecified atom stereocenters. The molecule has 1 aliphatic heterocycles. The van der Waals surface area contributed by atoms with Crippen molar-refractivity contribution in [2.24, 2.45) is 11.8 Å². The summed E-state index contributed by atoms with van der Waals surface area (Å²) in [6.07, 6.45) is 15.2. The van der Waals surface area contributed by atoms with Gasteiger partial charge in [-0.3, -0.25) is 4.90 Å². The summed E-state index contributed by atoms with van der Waals surface area (Å²) < 4.78 is 2.06. The lowest BCUT2D eigenvalue weighted by molar-refractivity contribution is 0.172. The van der Waals surface area contributed by atoms with E-state index < -0.39 is 0 Å². The van der Waals surface area contributed by atoms with E-state index >= 15 is 0 Å². The van der Waals surface area contributed by atoms with Crippen LogP contribution < -0.4 is 0 Å². The van der Waals surface area contributed by atoms with Gasteiger partial charge in [-0.25, -0.2) is 0 Å². The van der Waals surface area contributed by atoms with E-state index in [1.807, 2.05) is 0 Å². The van der Waals surface area contributed by atoms with Crippen LogP contribution in [0.3, 0.4) is 0 Å². The van der Waals surface area contributed by atoms with Crippen molar-refractivity contribution < 1.29 is 0 Å². The molecule has 0 aromatic carbocycles. The minimum atomic E-state index is 0.190. The average molecular weight is 394 g/mol. The molecule has 3 aliphatic rings. The summed E-state index contributed by atoms with van der Waals surface area (Å²) in [5.74, 6) is 2.05. The summed E-state index contributed by atoms with van der Waals surface area (Å²) in [7, 11) is 0. The Morgan fingerprint density at radius 3 is 2.66 bits per heavy atom. The lowest BCUT2D eigenvalue weighted by atomic mass is 9.82. The van der Waals surface area contributed by atoms with Crippen molar-refractivity contribution in [1.29, 1.82) is 0 Å². The zero-order valence-electron chi connectivity index (χ0n) is 18.3. The molecule has 5 nitrogen and oxygen atoms in total. The molecule has 4 rings (SSSR count). The molecule has 3 atom stereocenters. The van der Waals surface area contributed by atoms with Crippen molar-refractivity contribution >= 4 is 5.70 Å². The summed E-state index contributed by atoms with van der Waals surface area (Å²) in [4.78, 5) is 2.62. The summed E-state index contributed by atoms with van der Waals surface area (Å²) in [5, 5.41) is 13.3. The molecule has 0 amide bonds. The van der Waals surface area contributed by atoms with Gasteiger partial charge in [0.05, 0.1) is 11.7 Å². The Bertz CT molecular complexity index is 837. The highest BCUT2D eigenvalue weighted by Gasteiger charge is 2.33. The van der Waals surface area contributed by atoms with Crippen molar-refractivity contribution in [3.8, 4) is 0 Å². The Morgan fingerprint density at radius 1 is 1.21 bits per heavy atom. The largest absolute Gasteiger partial charge is 0.290 e. The zero-order valence-corrected chi connectivity index (χ0v) is 18.3. The molecule has 0 bridgehead atoms. The van der Waals surface area contributed by atoms with Crippen molar-refractivity contribution in [3.63, 3.8) is 0 Å². The molecule has 1 aromatic heterocycles. The van der Waals surface area contributed by atoms with Crippen LogP contribution >= 0.6 is 0 Å². The van der Waals surface area contributed by atoms with Gasteiger partial charge in [-0.1, -0.05) is 43.7 Å². The molecule has 156 valence electrons. The van der Waals surface area contributed by atoms with Gasteiger partial charge in [0.2, 0.25) is 0 Å². The van der Waals surface area contributed by atoms with Crippen LogP contribution in [0.15, 0.2) is 41.5 Å². The number of allylic oxidation sites excluding steroid dienone is 6. The molecule has 29 heavy (non-hydrogen) atoms. The number of nitrogens with zero attached hydrogens (tertiary/aromatic N) is 5. The normalized spacial score (nSPS) is 27.1. The molecule has 0 N–H and O–H groups in total. The van der Waals surface area contributed by atoms with Gasteiger partial charge in [-0.05, 0) is 93.0 Å². The first-order valence-corrected chi connectivity index (χ1v) is 11.3. The van der Waals surface area contributed by atoms with Crippen LogP contribution in [0.1, 0.15) is 77.6 Å². The van der Waals surface area contributed by atoms with Crippen molar-refractivity contribution in [3.05, 3.63) is 47.4 Å². The first-order chi connectivity index (χ1) is 14.1. The fraction of sp³-hybridized carbons (Fsp3) is 0.625. The van der Waals surface area contributed by atoms with E-state index in [1.54, 1.807) is 0 Å². The van der Waals surface area contributed by atoms with Crippen molar-refractivity contribution in [1.82, 2.24) is 25.1 Å². The highest BCUT2D eigenvalue weighted by Crippen LogP contribution is 2.40. The van der Waals surface area contributed by atoms with E-state index in [0.717, 1.165) is 38.2 Å². The third-order valence-corrected chi connectivity index (χ3v) is 6.94. The number of likely N-dealkylation sites (tertiary alicyclic amines) is 1. The van der Waals surface area contributed by atoms with Crippen LogP contribution in [0.2, 0.25) is 0 Å². The number of hydrogen-bond donors (Lipinski definition) is 0. The molecule has 1 aromatic rings. The topological polar surface area (TPSA) is 46.8 Å². The third-order valence-electron chi connectivity index (χ3n) is 6.94. The van der Waals surface area contributed by atoms with E-state index in [4.69, 9.17) is 0 Å². The lowest BCUT2D eigenvalue weighted by Crippen LogP contribution is -2.37. The first-order valence-electron chi connectivity index (χ1n) is 11.3. The zero-order chi connectivity index (χ0) is 20.4. The maximum absolute atomic E-state index is 4.61. The Morgan fingerprint density at radius 2 is 2.00 bits per heavy atom. The summed E-state index contributed by atoms with van der Waals surface area (Å²) in [6.45, 7) is 13.1. The van der Waals surface area contributed by atoms with Crippen LogP contribution in [0.4, 0.5) is 0 Å². The second-order valence-corrected chi connectivity index (χ2v) is 9.15. The van der Waals surface area contributed by atoms with Crippen molar-refractivity contribution in [2.75, 3.05) is 13.1 Å². The predicted molar refractivity (Wildman–Crippen MR) is 118 cm³/mol. The first kappa shape index (κ1) is 20.3. The standard InChI is InChI=1S/C24H35N5/c1-17(2)20-11-13-21(14-12-20)23(28-15-6-5-7-16-28)24-25-26-27-29(24)22-18(3)9-8-10-19(22)4/h8-9,13,19-20,23H,1,5-7,10-12,14-16H2,2-4H3. The molecule has 2 heterocycles. The number of hydrogen-bond acceptors (Lipinski definition) is 4. The minimum absolute atomic E-state index is 0.190. The molecule has 0 radical (unpaired) electrons. The van der Waals surface area contributed by atoms with Gasteiger partial charge >= 0.3 is 0 Å². The van der Waals surface area contributed by atoms with Gasteiger partial charge in [-0.15, -0.1) is 5.10 Å². The van der Waals surface area contributed by atoms with Crippen LogP contribution in [-0.4, -0.2) is 38.2 Å². The number of aromatic nitrogens is 4. The monoisotopic (exact) mass is 393 g/mol. The SMILES string of the molecule is C=C(C)C1CC=C(C(c2nnnn2C2=C(C)C=CCC2C)N2CCCCC2)CC1. The van der Waals surface area contributed by atoms with Crippen molar-refractivity contribution in [2.45, 2.75) is 71.8 Å². The van der Waals surface area contributed by atoms with E-state index in [2.05, 4.69) is 70.7 Å². The quantitative estimate of drug-likeness (QED) is 0.634. The van der Waals surface area contributed by atoms with E-state index in [1.165, 1.54) is 48.1 Å². The maximum atomic E-state index is 4.61. The van der Waals surface area contributed by atoms with Crippen LogP contribution in [0.5, 0.6) is 0 Å². The number of rotatable bonds is 5. The van der Waals surface area contributed by atoms with Gasteiger partial charge in [0, 0.05) is 5.92 Å². The fourth-order valence-electron chi connectivity index (χ4n) is 5.24. The highest BCUT2D eigenvalue weighted by atomic mass is 15.6. The maximum Gasteiger partial charge on any atom is 0.177 e. The molecule has 1 fully saturated rings. The average Bonchev–Trinajstić information content (AvgIpc) is 3.18. The second-order valence-electron chi connectivity index (χ2n) is 9.15. The molecule has 2 aliphatic carbocycles. The van der Waals surface area contributed by atoms with Crippen LogP contribution in [-0.2, 0) is 0 Å². The van der Waals surface area contributed by atoms with Gasteiger partial charge in [0.15, 0.2) is 5.82 Å². The van der Waals surface area contributed by atoms with E-state index in [9.17, 15) is 0 Å². The minimum Gasteiger partial charge on any atom is -0.290 e. The Kier molecular flexibility index (Phi) is 6.14. The summed E-state index contributed by atoms with van der Waals surface area (Å²) >= 11 is 0. The number of tetrazole rings is 1. The van der Waals surface area contributed by atoms with Gasteiger partial charge in [-0.2, -0.15) is 4.68 Å². The Hall–Kier alpha value is -2.01. The number of piperidine rings is 1. The molecular weight excluding hydrogens is 358 g/mol. The van der Waals surface area contributed by atoms with Gasteiger partial charge < -0.3 is 0 Å². The van der Waals surface area contributed by atoms with Crippen LogP contribution in [0.25, 0.3) is 5.70 Å². The molecular formula is C24H35N5. The van der Waals surface area contributed by atoms with Gasteiger partial charge in [0.1, 0.15) is 0 Å². The predicted octanol–water partition coefficient (Wildman–Crippen LogP) is 5.33. The Labute approximate surface area is 175 Å². The Balaban J connectivity index is 1.73. The van der Waals surface area contributed by atoms with Gasteiger partial charge in [0.25, 0.3) is 0 Å². The van der Waals surface area contributed by atoms with Crippen LogP contribution in [0, 0.1) is 11.8 Å². The molecule has 0 saturated carbocycles. The third kappa shape index (κ3) is 4.16. The lowest BCUT2D eigenvalue weighted by Gasteiger charge is -2.37. The second kappa shape index (κ2) is 8.78. The summed E-state index contributed by atoms with van der Waals surface area (Å²) in [5.41, 5.74) is 5.33. The molecule has 5 heteroatoms. The van der Waals surface area contributed by atoms with E-state index in [-0.39, 0.29) is 6.04 Å².